The number of hydrogen-bond acceptors (Lipinski definition) is 2. The molecule has 1 aliphatic rings. The van der Waals surface area contributed by atoms with E-state index in [9.17, 15) is 9.90 Å². The van der Waals surface area contributed by atoms with Crippen molar-refractivity contribution in [3.05, 3.63) is 0 Å². The van der Waals surface area contributed by atoms with E-state index in [1.54, 1.807) is 6.92 Å². The Morgan fingerprint density at radius 3 is 2.25 bits per heavy atom. The molecule has 0 aromatic carbocycles. The molecule has 2 unspecified atom stereocenters. The van der Waals surface area contributed by atoms with Crippen molar-refractivity contribution < 1.29 is 15.0 Å². The van der Waals surface area contributed by atoms with Crippen LogP contribution in [0.15, 0.2) is 0 Å². The van der Waals surface area contributed by atoms with Gasteiger partial charge in [-0.25, -0.2) is 4.79 Å². The fourth-order valence-corrected chi connectivity index (χ4v) is 1.74. The highest BCUT2D eigenvalue weighted by atomic mass is 16.4. The van der Waals surface area contributed by atoms with Gasteiger partial charge in [-0.05, 0) is 6.92 Å². The molecular weight excluding hydrogens is 158 g/mol. The number of amides is 1. The van der Waals surface area contributed by atoms with E-state index in [4.69, 9.17) is 5.11 Å². The summed E-state index contributed by atoms with van der Waals surface area (Å²) >= 11 is 0. The second kappa shape index (κ2) is 2.62. The van der Waals surface area contributed by atoms with Crippen LogP contribution in [0.5, 0.6) is 0 Å². The summed E-state index contributed by atoms with van der Waals surface area (Å²) in [6.45, 7) is 5.88. The van der Waals surface area contributed by atoms with Crippen LogP contribution in [0.25, 0.3) is 0 Å². The molecule has 1 aliphatic heterocycles. The first-order valence-electron chi connectivity index (χ1n) is 4.04. The molecule has 0 aromatic rings. The third kappa shape index (κ3) is 1.27. The quantitative estimate of drug-likeness (QED) is 0.568. The number of carboxylic acid groups (broad SMARTS) is 1. The number of aliphatic hydroxyl groups excluding tert-OH is 1. The molecule has 0 aromatic heterocycles. The van der Waals surface area contributed by atoms with Crippen LogP contribution in [0, 0.1) is 5.41 Å². The van der Waals surface area contributed by atoms with Gasteiger partial charge < -0.3 is 15.1 Å². The molecule has 0 spiro atoms. The summed E-state index contributed by atoms with van der Waals surface area (Å²) in [7, 11) is 0. The lowest BCUT2D eigenvalue weighted by Gasteiger charge is -2.21. The zero-order valence-electron chi connectivity index (χ0n) is 7.61. The zero-order valence-corrected chi connectivity index (χ0v) is 7.61. The minimum Gasteiger partial charge on any atom is -0.465 e. The van der Waals surface area contributed by atoms with Gasteiger partial charge in [0.15, 0.2) is 0 Å². The summed E-state index contributed by atoms with van der Waals surface area (Å²) in [6.07, 6.45) is -1.51. The number of nitrogens with zero attached hydrogens (tertiary/aromatic N) is 1. The lowest BCUT2D eigenvalue weighted by molar-refractivity contribution is 0.0680. The Morgan fingerprint density at radius 2 is 2.08 bits per heavy atom. The summed E-state index contributed by atoms with van der Waals surface area (Å²) in [5.41, 5.74) is -0.322. The van der Waals surface area contributed by atoms with E-state index in [1.165, 1.54) is 4.90 Å². The first-order valence-corrected chi connectivity index (χ1v) is 4.04. The molecular formula is C8H15NO3. The van der Waals surface area contributed by atoms with Crippen molar-refractivity contribution in [2.75, 3.05) is 6.54 Å². The van der Waals surface area contributed by atoms with Gasteiger partial charge in [0.1, 0.15) is 0 Å². The Labute approximate surface area is 71.8 Å². The molecule has 1 saturated heterocycles. The van der Waals surface area contributed by atoms with Crippen LogP contribution in [0.2, 0.25) is 0 Å². The van der Waals surface area contributed by atoms with E-state index < -0.39 is 12.2 Å². The van der Waals surface area contributed by atoms with Crippen LogP contribution in [-0.2, 0) is 0 Å². The largest absolute Gasteiger partial charge is 0.465 e. The van der Waals surface area contributed by atoms with Crippen molar-refractivity contribution >= 4 is 6.09 Å². The molecule has 2 atom stereocenters. The molecule has 1 heterocycles. The predicted octanol–water partition coefficient (Wildman–Crippen LogP) is 0.756. The molecule has 0 bridgehead atoms. The summed E-state index contributed by atoms with van der Waals surface area (Å²) in [4.78, 5) is 11.9. The molecule has 1 amide bonds. The lowest BCUT2D eigenvalue weighted by Crippen LogP contribution is -2.36. The van der Waals surface area contributed by atoms with Crippen LogP contribution in [0.1, 0.15) is 20.8 Å². The van der Waals surface area contributed by atoms with E-state index >= 15 is 0 Å². The van der Waals surface area contributed by atoms with Crippen molar-refractivity contribution in [2.24, 2.45) is 5.41 Å². The van der Waals surface area contributed by atoms with Gasteiger partial charge in [0.25, 0.3) is 0 Å². The van der Waals surface area contributed by atoms with E-state index in [0.29, 0.717) is 6.54 Å². The van der Waals surface area contributed by atoms with E-state index in [0.717, 1.165) is 0 Å². The number of carbonyl (C=O) groups is 1. The molecule has 4 heteroatoms. The molecule has 12 heavy (non-hydrogen) atoms. The Balaban J connectivity index is 2.81. The van der Waals surface area contributed by atoms with Crippen molar-refractivity contribution in [3.8, 4) is 0 Å². The van der Waals surface area contributed by atoms with Gasteiger partial charge in [-0.2, -0.15) is 0 Å². The molecule has 0 aliphatic carbocycles. The molecule has 0 saturated carbocycles. The maximum atomic E-state index is 10.7. The fraction of sp³-hybridized carbons (Fsp3) is 0.875. The highest BCUT2D eigenvalue weighted by Crippen LogP contribution is 2.33. The van der Waals surface area contributed by atoms with Crippen molar-refractivity contribution in [3.63, 3.8) is 0 Å². The average molecular weight is 173 g/mol. The van der Waals surface area contributed by atoms with Crippen LogP contribution in [0.3, 0.4) is 0 Å². The third-order valence-electron chi connectivity index (χ3n) is 2.57. The average Bonchev–Trinajstić information content (AvgIpc) is 2.14. The Bertz CT molecular complexity index is 202. The third-order valence-corrected chi connectivity index (χ3v) is 2.57. The normalized spacial score (nSPS) is 33.8. The predicted molar refractivity (Wildman–Crippen MR) is 44.0 cm³/mol. The summed E-state index contributed by atoms with van der Waals surface area (Å²) in [6, 6.07) is -0.294. The zero-order chi connectivity index (χ0) is 9.52. The second-order valence-corrected chi connectivity index (χ2v) is 4.08. The Kier molecular flexibility index (Phi) is 2.04. The van der Waals surface area contributed by atoms with Crippen LogP contribution < -0.4 is 0 Å². The maximum absolute atomic E-state index is 10.7. The Morgan fingerprint density at radius 1 is 1.58 bits per heavy atom. The van der Waals surface area contributed by atoms with Crippen LogP contribution in [0.4, 0.5) is 4.79 Å². The monoisotopic (exact) mass is 173 g/mol. The second-order valence-electron chi connectivity index (χ2n) is 4.08. The van der Waals surface area contributed by atoms with E-state index in [1.807, 2.05) is 13.8 Å². The molecule has 0 radical (unpaired) electrons. The number of rotatable bonds is 0. The number of aliphatic hydroxyl groups is 1. The van der Waals surface area contributed by atoms with Gasteiger partial charge in [-0.1, -0.05) is 13.8 Å². The van der Waals surface area contributed by atoms with Gasteiger partial charge in [0.2, 0.25) is 0 Å². The summed E-state index contributed by atoms with van der Waals surface area (Å²) < 4.78 is 0. The molecule has 70 valence electrons. The van der Waals surface area contributed by atoms with Gasteiger partial charge in [-0.15, -0.1) is 0 Å². The minimum atomic E-state index is -0.952. The minimum absolute atomic E-state index is 0.294. The highest BCUT2D eigenvalue weighted by molar-refractivity contribution is 5.66. The standard InChI is InChI=1S/C8H15NO3/c1-5-6(10)8(2,3)4-9(5)7(11)12/h5-6,10H,4H2,1-3H3,(H,11,12). The molecule has 1 rings (SSSR count). The van der Waals surface area contributed by atoms with E-state index in [2.05, 4.69) is 0 Å². The van der Waals surface area contributed by atoms with Gasteiger partial charge in [0.05, 0.1) is 12.1 Å². The molecule has 1 fully saturated rings. The topological polar surface area (TPSA) is 60.8 Å². The smallest absolute Gasteiger partial charge is 0.407 e. The molecule has 2 N–H and O–H groups in total. The van der Waals surface area contributed by atoms with Crippen molar-refractivity contribution in [2.45, 2.75) is 32.9 Å². The maximum Gasteiger partial charge on any atom is 0.407 e. The lowest BCUT2D eigenvalue weighted by atomic mass is 9.88. The Hall–Kier alpha value is -0.770. The number of hydrogen-bond donors (Lipinski definition) is 2. The SMILES string of the molecule is CC1C(O)C(C)(C)CN1C(=O)O. The first-order chi connectivity index (χ1) is 5.36. The summed E-state index contributed by atoms with van der Waals surface area (Å²) in [5, 5.41) is 18.4. The van der Waals surface area contributed by atoms with Gasteiger partial charge >= 0.3 is 6.09 Å². The first kappa shape index (κ1) is 9.32. The van der Waals surface area contributed by atoms with Crippen molar-refractivity contribution in [1.29, 1.82) is 0 Å². The summed E-state index contributed by atoms with van der Waals surface area (Å²) in [5.74, 6) is 0. The van der Waals surface area contributed by atoms with Crippen LogP contribution in [-0.4, -0.2) is 39.9 Å². The van der Waals surface area contributed by atoms with Crippen molar-refractivity contribution in [1.82, 2.24) is 4.90 Å². The number of likely N-dealkylation sites (tertiary alicyclic amines) is 1. The highest BCUT2D eigenvalue weighted by Gasteiger charge is 2.45. The van der Waals surface area contributed by atoms with Gasteiger partial charge in [0, 0.05) is 12.0 Å². The van der Waals surface area contributed by atoms with Crippen LogP contribution >= 0.6 is 0 Å². The molecule has 4 nitrogen and oxygen atoms in total. The fourth-order valence-electron chi connectivity index (χ4n) is 1.74. The van der Waals surface area contributed by atoms with Gasteiger partial charge in [-0.3, -0.25) is 0 Å². The van der Waals surface area contributed by atoms with E-state index in [-0.39, 0.29) is 11.5 Å².